The minimum absolute atomic E-state index is 0.550. The highest BCUT2D eigenvalue weighted by molar-refractivity contribution is 7.15. The number of likely N-dealkylation sites (tertiary alicyclic amines) is 1. The monoisotopic (exact) mass is 359 g/mol. The van der Waals surface area contributed by atoms with Gasteiger partial charge in [-0.15, -0.1) is 11.3 Å². The largest absolute Gasteiger partial charge is 0.479 e. The molecule has 4 rings (SSSR count). The molecular formula is C17H21N5O2S. The summed E-state index contributed by atoms with van der Waals surface area (Å²) in [6.07, 6.45) is 6.70. The molecule has 3 aromatic heterocycles. The number of aliphatic carboxylic acids is 1. The number of piperidine rings is 1. The molecule has 8 heteroatoms. The van der Waals surface area contributed by atoms with Crippen molar-refractivity contribution >= 4 is 22.3 Å². The molecule has 1 aliphatic rings. The molecule has 1 fully saturated rings. The van der Waals surface area contributed by atoms with E-state index in [0.29, 0.717) is 12.8 Å². The van der Waals surface area contributed by atoms with Crippen molar-refractivity contribution in [3.8, 4) is 0 Å². The Morgan fingerprint density at radius 3 is 2.76 bits per heavy atom. The summed E-state index contributed by atoms with van der Waals surface area (Å²) in [6, 6.07) is 0. The van der Waals surface area contributed by atoms with Gasteiger partial charge in [0.2, 0.25) is 0 Å². The first-order valence-electron chi connectivity index (χ1n) is 8.38. The molecule has 3 aromatic rings. The summed E-state index contributed by atoms with van der Waals surface area (Å²) < 4.78 is 3.78. The number of aryl methyl sites for hydroxylation is 2. The lowest BCUT2D eigenvalue weighted by atomic mass is 9.87. The van der Waals surface area contributed by atoms with Crippen molar-refractivity contribution in [2.45, 2.75) is 38.8 Å². The van der Waals surface area contributed by atoms with Crippen molar-refractivity contribution in [3.05, 3.63) is 40.9 Å². The van der Waals surface area contributed by atoms with E-state index in [9.17, 15) is 9.90 Å². The quantitative estimate of drug-likeness (QED) is 0.773. The number of imidazole rings is 1. The van der Waals surface area contributed by atoms with Crippen LogP contribution in [0.3, 0.4) is 0 Å². The molecule has 0 radical (unpaired) electrons. The van der Waals surface area contributed by atoms with Gasteiger partial charge in [-0.2, -0.15) is 5.10 Å². The van der Waals surface area contributed by atoms with Crippen LogP contribution in [-0.2, 0) is 16.9 Å². The van der Waals surface area contributed by atoms with Gasteiger partial charge in [0, 0.05) is 37.4 Å². The van der Waals surface area contributed by atoms with E-state index in [1.54, 1.807) is 22.2 Å². The molecule has 0 aliphatic carbocycles. The predicted molar refractivity (Wildman–Crippen MR) is 94.9 cm³/mol. The lowest BCUT2D eigenvalue weighted by molar-refractivity contribution is -0.151. The van der Waals surface area contributed by atoms with E-state index in [2.05, 4.69) is 19.4 Å². The Hall–Kier alpha value is -2.19. The van der Waals surface area contributed by atoms with Gasteiger partial charge in [-0.3, -0.25) is 14.0 Å². The van der Waals surface area contributed by atoms with Gasteiger partial charge in [-0.25, -0.2) is 9.78 Å². The summed E-state index contributed by atoms with van der Waals surface area (Å²) in [5.41, 5.74) is 2.28. The Bertz CT molecular complexity index is 917. The van der Waals surface area contributed by atoms with Crippen molar-refractivity contribution in [2.24, 2.45) is 0 Å². The van der Waals surface area contributed by atoms with Gasteiger partial charge in [0.25, 0.3) is 0 Å². The molecule has 0 amide bonds. The molecule has 132 valence electrons. The van der Waals surface area contributed by atoms with Crippen LogP contribution in [0, 0.1) is 13.8 Å². The van der Waals surface area contributed by atoms with Crippen LogP contribution in [0.15, 0.2) is 24.0 Å². The van der Waals surface area contributed by atoms with Crippen LogP contribution >= 0.6 is 11.3 Å². The Morgan fingerprint density at radius 2 is 2.12 bits per heavy atom. The molecule has 1 aliphatic heterocycles. The molecule has 7 nitrogen and oxygen atoms in total. The normalized spacial score (nSPS) is 18.0. The first kappa shape index (κ1) is 16.3. The second-order valence-corrected chi connectivity index (χ2v) is 7.65. The maximum Gasteiger partial charge on any atom is 0.331 e. The number of hydrogen-bond donors (Lipinski definition) is 1. The van der Waals surface area contributed by atoms with Gasteiger partial charge in [0.15, 0.2) is 10.5 Å². The van der Waals surface area contributed by atoms with E-state index in [-0.39, 0.29) is 0 Å². The van der Waals surface area contributed by atoms with Crippen LogP contribution in [0.25, 0.3) is 4.96 Å². The molecular weight excluding hydrogens is 338 g/mol. The average Bonchev–Trinajstić information content (AvgIpc) is 3.27. The van der Waals surface area contributed by atoms with Crippen molar-refractivity contribution < 1.29 is 9.90 Å². The van der Waals surface area contributed by atoms with Crippen LogP contribution in [0.1, 0.15) is 29.8 Å². The molecule has 0 bridgehead atoms. The number of hydrogen-bond acceptors (Lipinski definition) is 5. The third-order valence-corrected chi connectivity index (χ3v) is 5.92. The first-order valence-corrected chi connectivity index (χ1v) is 9.26. The summed E-state index contributed by atoms with van der Waals surface area (Å²) in [4.78, 5) is 19.9. The van der Waals surface area contributed by atoms with E-state index in [4.69, 9.17) is 0 Å². The summed E-state index contributed by atoms with van der Waals surface area (Å²) in [5, 5.41) is 16.2. The maximum absolute atomic E-state index is 12.0. The number of thiazole rings is 1. The minimum atomic E-state index is -0.936. The predicted octanol–water partition coefficient (Wildman–Crippen LogP) is 2.29. The Labute approximate surface area is 149 Å². The molecule has 4 heterocycles. The second kappa shape index (κ2) is 5.96. The van der Waals surface area contributed by atoms with Gasteiger partial charge >= 0.3 is 5.97 Å². The van der Waals surface area contributed by atoms with Gasteiger partial charge in [-0.05, 0) is 32.3 Å². The van der Waals surface area contributed by atoms with Crippen LogP contribution in [0.5, 0.6) is 0 Å². The smallest absolute Gasteiger partial charge is 0.331 e. The third-order valence-electron chi connectivity index (χ3n) is 5.17. The molecule has 1 saturated heterocycles. The number of carboxylic acid groups (broad SMARTS) is 1. The Kier molecular flexibility index (Phi) is 3.88. The molecule has 0 aromatic carbocycles. The van der Waals surface area contributed by atoms with E-state index < -0.39 is 11.5 Å². The zero-order valence-corrected chi connectivity index (χ0v) is 15.2. The van der Waals surface area contributed by atoms with Crippen molar-refractivity contribution in [3.63, 3.8) is 0 Å². The SMILES string of the molecule is Cc1cnn(C2(C(=O)O)CCN(Cc3c(C)nc4sccn34)CC2)c1. The van der Waals surface area contributed by atoms with Crippen LogP contribution < -0.4 is 0 Å². The topological polar surface area (TPSA) is 75.7 Å². The number of carbonyl (C=O) groups is 1. The molecule has 1 N–H and O–H groups in total. The number of nitrogens with zero attached hydrogens (tertiary/aromatic N) is 5. The average molecular weight is 359 g/mol. The number of fused-ring (bicyclic) bond motifs is 1. The summed E-state index contributed by atoms with van der Waals surface area (Å²) in [5.74, 6) is -0.795. The minimum Gasteiger partial charge on any atom is -0.479 e. The summed E-state index contributed by atoms with van der Waals surface area (Å²) in [7, 11) is 0. The van der Waals surface area contributed by atoms with Gasteiger partial charge < -0.3 is 5.11 Å². The van der Waals surface area contributed by atoms with Gasteiger partial charge in [-0.1, -0.05) is 0 Å². The molecule has 0 spiro atoms. The van der Waals surface area contributed by atoms with E-state index in [1.165, 1.54) is 5.69 Å². The highest BCUT2D eigenvalue weighted by Crippen LogP contribution is 2.31. The molecule has 25 heavy (non-hydrogen) atoms. The zero-order valence-electron chi connectivity index (χ0n) is 14.3. The fourth-order valence-electron chi connectivity index (χ4n) is 3.61. The van der Waals surface area contributed by atoms with Crippen molar-refractivity contribution in [2.75, 3.05) is 13.1 Å². The lowest BCUT2D eigenvalue weighted by Crippen LogP contribution is -2.51. The number of carboxylic acids is 1. The van der Waals surface area contributed by atoms with E-state index in [1.807, 2.05) is 31.6 Å². The second-order valence-electron chi connectivity index (χ2n) is 6.77. The first-order chi connectivity index (χ1) is 12.0. The zero-order chi connectivity index (χ0) is 17.6. The van der Waals surface area contributed by atoms with Gasteiger partial charge in [0.1, 0.15) is 0 Å². The highest BCUT2D eigenvalue weighted by Gasteiger charge is 2.44. The number of rotatable bonds is 4. The molecule has 0 atom stereocenters. The van der Waals surface area contributed by atoms with Crippen LogP contribution in [0.4, 0.5) is 0 Å². The van der Waals surface area contributed by atoms with Crippen molar-refractivity contribution in [1.82, 2.24) is 24.1 Å². The number of aromatic nitrogens is 4. The van der Waals surface area contributed by atoms with Crippen molar-refractivity contribution in [1.29, 1.82) is 0 Å². The summed E-state index contributed by atoms with van der Waals surface area (Å²) >= 11 is 1.63. The fourth-order valence-corrected chi connectivity index (χ4v) is 4.39. The van der Waals surface area contributed by atoms with E-state index in [0.717, 1.165) is 35.9 Å². The van der Waals surface area contributed by atoms with Crippen LogP contribution in [0.2, 0.25) is 0 Å². The summed E-state index contributed by atoms with van der Waals surface area (Å²) in [6.45, 7) is 6.21. The third kappa shape index (κ3) is 2.65. The Balaban J connectivity index is 1.53. The molecule has 0 unspecified atom stereocenters. The van der Waals surface area contributed by atoms with Crippen LogP contribution in [-0.4, -0.2) is 48.2 Å². The molecule has 0 saturated carbocycles. The lowest BCUT2D eigenvalue weighted by Gasteiger charge is -2.38. The van der Waals surface area contributed by atoms with Gasteiger partial charge in [0.05, 0.1) is 17.6 Å². The van der Waals surface area contributed by atoms with E-state index >= 15 is 0 Å². The maximum atomic E-state index is 12.0. The highest BCUT2D eigenvalue weighted by atomic mass is 32.1. The Morgan fingerprint density at radius 1 is 1.36 bits per heavy atom. The fraction of sp³-hybridized carbons (Fsp3) is 0.471. The standard InChI is InChI=1S/C17H21N5O2S/c1-12-9-18-22(10-12)17(15(23)24)3-5-20(6-4-17)11-14-13(2)19-16-21(14)7-8-25-16/h7-10H,3-6,11H2,1-2H3,(H,23,24).